The molecule has 2 fully saturated rings. The van der Waals surface area contributed by atoms with Gasteiger partial charge in [-0.1, -0.05) is 18.2 Å². The van der Waals surface area contributed by atoms with E-state index in [1.807, 2.05) is 41.0 Å². The number of aryl methyl sites for hydroxylation is 1. The van der Waals surface area contributed by atoms with E-state index in [-0.39, 0.29) is 17.2 Å². The van der Waals surface area contributed by atoms with Crippen LogP contribution in [0.3, 0.4) is 0 Å². The quantitative estimate of drug-likeness (QED) is 0.849. The number of hydrogen-bond acceptors (Lipinski definition) is 3. The van der Waals surface area contributed by atoms with Gasteiger partial charge in [-0.25, -0.2) is 0 Å². The van der Waals surface area contributed by atoms with Crippen molar-refractivity contribution in [2.24, 2.45) is 5.41 Å². The topological polar surface area (TPSA) is 49.9 Å². The first-order chi connectivity index (χ1) is 11.6. The van der Waals surface area contributed by atoms with Gasteiger partial charge in [0.05, 0.1) is 12.0 Å². The van der Waals surface area contributed by atoms with Crippen molar-refractivity contribution < 1.29 is 14.3 Å². The Labute approximate surface area is 143 Å². The molecule has 0 N–H and O–H groups in total. The molecule has 0 aliphatic carbocycles. The van der Waals surface area contributed by atoms with E-state index in [0.717, 1.165) is 36.9 Å². The van der Waals surface area contributed by atoms with Crippen LogP contribution in [0.1, 0.15) is 35.2 Å². The zero-order valence-corrected chi connectivity index (χ0v) is 14.6. The van der Waals surface area contributed by atoms with E-state index in [1.165, 1.54) is 0 Å². The third-order valence-electron chi connectivity index (χ3n) is 5.41. The van der Waals surface area contributed by atoms with E-state index >= 15 is 0 Å². The summed E-state index contributed by atoms with van der Waals surface area (Å²) in [5, 5.41) is 0. The summed E-state index contributed by atoms with van der Waals surface area (Å²) in [4.78, 5) is 29.6. The predicted octanol–water partition coefficient (Wildman–Crippen LogP) is 2.10. The van der Waals surface area contributed by atoms with Crippen molar-refractivity contribution >= 4 is 11.8 Å². The second-order valence-corrected chi connectivity index (χ2v) is 6.96. The third-order valence-corrected chi connectivity index (χ3v) is 5.41. The molecule has 1 aromatic rings. The van der Waals surface area contributed by atoms with Crippen LogP contribution < -0.4 is 0 Å². The minimum Gasteiger partial charge on any atom is -0.383 e. The number of nitrogens with zero attached hydrogens (tertiary/aromatic N) is 2. The van der Waals surface area contributed by atoms with E-state index in [0.29, 0.717) is 26.2 Å². The first-order valence-electron chi connectivity index (χ1n) is 8.71. The molecule has 3 rings (SSSR count). The molecule has 2 saturated heterocycles. The predicted molar refractivity (Wildman–Crippen MR) is 91.8 cm³/mol. The molecule has 2 aliphatic heterocycles. The Bertz CT molecular complexity index is 631. The van der Waals surface area contributed by atoms with Crippen molar-refractivity contribution in [3.8, 4) is 0 Å². The van der Waals surface area contributed by atoms with E-state index in [2.05, 4.69) is 0 Å². The summed E-state index contributed by atoms with van der Waals surface area (Å²) in [5.74, 6) is 0.248. The fourth-order valence-corrected chi connectivity index (χ4v) is 3.97. The number of amides is 2. The lowest BCUT2D eigenvalue weighted by Gasteiger charge is -2.39. The molecule has 0 bridgehead atoms. The lowest BCUT2D eigenvalue weighted by atomic mass is 9.78. The highest BCUT2D eigenvalue weighted by molar-refractivity contribution is 5.96. The van der Waals surface area contributed by atoms with Crippen LogP contribution in [-0.2, 0) is 9.53 Å². The van der Waals surface area contributed by atoms with Gasteiger partial charge < -0.3 is 14.5 Å². The van der Waals surface area contributed by atoms with Crippen LogP contribution in [-0.4, -0.2) is 61.5 Å². The van der Waals surface area contributed by atoms with Crippen molar-refractivity contribution in [2.45, 2.75) is 26.2 Å². The number of carbonyl (C=O) groups is 2. The molecule has 130 valence electrons. The lowest BCUT2D eigenvalue weighted by molar-refractivity contribution is -0.146. The van der Waals surface area contributed by atoms with Crippen LogP contribution >= 0.6 is 0 Å². The van der Waals surface area contributed by atoms with Gasteiger partial charge >= 0.3 is 0 Å². The van der Waals surface area contributed by atoms with E-state index in [1.54, 1.807) is 7.11 Å². The van der Waals surface area contributed by atoms with Gasteiger partial charge in [0.2, 0.25) is 5.91 Å². The first-order valence-corrected chi connectivity index (χ1v) is 8.71. The Kier molecular flexibility index (Phi) is 4.90. The summed E-state index contributed by atoms with van der Waals surface area (Å²) in [6.07, 6.45) is 2.65. The number of benzene rings is 1. The van der Waals surface area contributed by atoms with Crippen molar-refractivity contribution in [2.75, 3.05) is 39.9 Å². The Morgan fingerprint density at radius 1 is 1.25 bits per heavy atom. The Morgan fingerprint density at radius 3 is 2.79 bits per heavy atom. The minimum atomic E-state index is -0.385. The summed E-state index contributed by atoms with van der Waals surface area (Å²) in [7, 11) is 1.66. The number of likely N-dealkylation sites (tertiary alicyclic amines) is 2. The molecule has 0 aromatic heterocycles. The maximum atomic E-state index is 13.0. The zero-order chi connectivity index (χ0) is 17.2. The Morgan fingerprint density at radius 2 is 2.04 bits per heavy atom. The molecule has 2 aliphatic rings. The lowest BCUT2D eigenvalue weighted by Crippen LogP contribution is -2.51. The van der Waals surface area contributed by atoms with Crippen molar-refractivity contribution in [1.29, 1.82) is 0 Å². The Hall–Kier alpha value is -1.88. The van der Waals surface area contributed by atoms with Crippen molar-refractivity contribution in [1.82, 2.24) is 9.80 Å². The average Bonchev–Trinajstić information content (AvgIpc) is 3.01. The van der Waals surface area contributed by atoms with Gasteiger partial charge in [-0.15, -0.1) is 0 Å². The molecule has 0 saturated carbocycles. The second kappa shape index (κ2) is 6.93. The van der Waals surface area contributed by atoms with Crippen LogP contribution in [0.15, 0.2) is 24.3 Å². The zero-order valence-electron chi connectivity index (χ0n) is 14.6. The van der Waals surface area contributed by atoms with Crippen LogP contribution in [0.2, 0.25) is 0 Å². The summed E-state index contributed by atoms with van der Waals surface area (Å²) in [6.45, 7) is 5.17. The summed E-state index contributed by atoms with van der Waals surface area (Å²) in [5.41, 5.74) is 1.35. The molecule has 2 amide bonds. The summed E-state index contributed by atoms with van der Waals surface area (Å²) in [6, 6.07) is 7.66. The second-order valence-electron chi connectivity index (χ2n) is 6.96. The van der Waals surface area contributed by atoms with Gasteiger partial charge in [0.15, 0.2) is 0 Å². The molecule has 5 nitrogen and oxygen atoms in total. The molecule has 0 radical (unpaired) electrons. The molecule has 5 heteroatoms. The highest BCUT2D eigenvalue weighted by Gasteiger charge is 2.49. The van der Waals surface area contributed by atoms with Gasteiger partial charge in [-0.2, -0.15) is 0 Å². The maximum Gasteiger partial charge on any atom is 0.254 e. The van der Waals surface area contributed by atoms with E-state index in [4.69, 9.17) is 4.74 Å². The highest BCUT2D eigenvalue weighted by Crippen LogP contribution is 2.40. The van der Waals surface area contributed by atoms with Gasteiger partial charge in [0.25, 0.3) is 5.91 Å². The number of carbonyl (C=O) groups excluding carboxylic acids is 2. The summed E-state index contributed by atoms with van der Waals surface area (Å²) >= 11 is 0. The number of ether oxygens (including phenoxy) is 1. The first kappa shape index (κ1) is 17.0. The molecule has 24 heavy (non-hydrogen) atoms. The molecule has 1 aromatic carbocycles. The van der Waals surface area contributed by atoms with Crippen molar-refractivity contribution in [3.05, 3.63) is 35.4 Å². The summed E-state index contributed by atoms with van der Waals surface area (Å²) < 4.78 is 5.12. The number of piperidine rings is 1. The fraction of sp³-hybridized carbons (Fsp3) is 0.579. The smallest absolute Gasteiger partial charge is 0.254 e. The highest BCUT2D eigenvalue weighted by atomic mass is 16.5. The van der Waals surface area contributed by atoms with Gasteiger partial charge in [0.1, 0.15) is 0 Å². The van der Waals surface area contributed by atoms with Gasteiger partial charge in [0, 0.05) is 38.9 Å². The van der Waals surface area contributed by atoms with Crippen LogP contribution in [0.4, 0.5) is 0 Å². The van der Waals surface area contributed by atoms with Gasteiger partial charge in [-0.05, 0) is 37.8 Å². The van der Waals surface area contributed by atoms with Gasteiger partial charge in [-0.3, -0.25) is 9.59 Å². The molecule has 1 atom stereocenters. The number of methoxy groups -OCH3 is 1. The molecular formula is C19H26N2O3. The largest absolute Gasteiger partial charge is 0.383 e. The average molecular weight is 330 g/mol. The molecule has 1 unspecified atom stereocenters. The molecule has 1 spiro atoms. The standard InChI is InChI=1S/C19H26N2O3/c1-15-6-3-4-7-16(15)17(22)21-11-9-19(14-21)8-5-10-20(18(19)23)12-13-24-2/h3-4,6-7H,5,8-14H2,1-2H3. The minimum absolute atomic E-state index is 0.0480. The SMILES string of the molecule is COCCN1CCCC2(CCN(C(=O)c3ccccc3C)C2)C1=O. The Balaban J connectivity index is 1.73. The third kappa shape index (κ3) is 3.05. The molecule has 2 heterocycles. The maximum absolute atomic E-state index is 13.0. The number of hydrogen-bond donors (Lipinski definition) is 0. The van der Waals surface area contributed by atoms with Crippen LogP contribution in [0.25, 0.3) is 0 Å². The van der Waals surface area contributed by atoms with E-state index in [9.17, 15) is 9.59 Å². The normalized spacial score (nSPS) is 24.0. The fourth-order valence-electron chi connectivity index (χ4n) is 3.97. The monoisotopic (exact) mass is 330 g/mol. The molecular weight excluding hydrogens is 304 g/mol. The van der Waals surface area contributed by atoms with E-state index < -0.39 is 0 Å². The van der Waals surface area contributed by atoms with Crippen LogP contribution in [0.5, 0.6) is 0 Å². The number of rotatable bonds is 4. The van der Waals surface area contributed by atoms with Crippen LogP contribution in [0, 0.1) is 12.3 Å². The van der Waals surface area contributed by atoms with Crippen molar-refractivity contribution in [3.63, 3.8) is 0 Å².